The van der Waals surface area contributed by atoms with Crippen LogP contribution in [-0.4, -0.2) is 67.3 Å². The van der Waals surface area contributed by atoms with Crippen molar-refractivity contribution in [2.45, 2.75) is 26.0 Å². The molecule has 2 aromatic heterocycles. The second-order valence-corrected chi connectivity index (χ2v) is 8.56. The Labute approximate surface area is 177 Å². The minimum atomic E-state index is -0.935. The first-order valence-corrected chi connectivity index (χ1v) is 11.0. The number of aliphatic hydroxyl groups is 1. The van der Waals surface area contributed by atoms with E-state index in [1.807, 2.05) is 43.6 Å². The van der Waals surface area contributed by atoms with E-state index in [1.165, 1.54) is 0 Å². The molecule has 0 aromatic carbocycles. The van der Waals surface area contributed by atoms with E-state index in [4.69, 9.17) is 4.99 Å². The van der Waals surface area contributed by atoms with Crippen LogP contribution in [-0.2, 0) is 12.1 Å². The number of aromatic nitrogens is 1. The second-order valence-electron chi connectivity index (χ2n) is 7.61. The van der Waals surface area contributed by atoms with E-state index in [-0.39, 0.29) is 0 Å². The topological polar surface area (TPSA) is 76.0 Å². The largest absolute Gasteiger partial charge is 0.383 e. The Morgan fingerprint density at radius 1 is 1.28 bits per heavy atom. The maximum Gasteiger partial charge on any atom is 0.191 e. The third-order valence-electron chi connectivity index (χ3n) is 5.05. The summed E-state index contributed by atoms with van der Waals surface area (Å²) < 4.78 is 0. The summed E-state index contributed by atoms with van der Waals surface area (Å²) in [6.45, 7) is 9.67. The number of guanidine groups is 1. The third-order valence-corrected chi connectivity index (χ3v) is 6.18. The third kappa shape index (κ3) is 6.16. The van der Waals surface area contributed by atoms with Crippen molar-refractivity contribution in [2.75, 3.05) is 51.2 Å². The first kappa shape index (κ1) is 21.5. The lowest BCUT2D eigenvalue weighted by Crippen LogP contribution is -2.44. The van der Waals surface area contributed by atoms with E-state index in [0.717, 1.165) is 49.0 Å². The van der Waals surface area contributed by atoms with Crippen molar-refractivity contribution in [2.24, 2.45) is 4.99 Å². The van der Waals surface area contributed by atoms with Gasteiger partial charge in [0, 0.05) is 43.8 Å². The van der Waals surface area contributed by atoms with Crippen LogP contribution in [0.25, 0.3) is 0 Å². The lowest BCUT2D eigenvalue weighted by atomic mass is 10.1. The number of rotatable bonds is 7. The van der Waals surface area contributed by atoms with Gasteiger partial charge < -0.3 is 25.5 Å². The summed E-state index contributed by atoms with van der Waals surface area (Å²) in [5.74, 6) is 1.71. The van der Waals surface area contributed by atoms with Gasteiger partial charge in [0.25, 0.3) is 0 Å². The number of likely N-dealkylation sites (N-methyl/N-ethyl adjacent to an activating group) is 1. The molecule has 1 unspecified atom stereocenters. The van der Waals surface area contributed by atoms with Gasteiger partial charge in [0.05, 0.1) is 13.1 Å². The number of piperazine rings is 1. The van der Waals surface area contributed by atoms with Gasteiger partial charge in [-0.2, -0.15) is 0 Å². The highest BCUT2D eigenvalue weighted by Gasteiger charge is 2.24. The monoisotopic (exact) mass is 416 g/mol. The Balaban J connectivity index is 1.62. The van der Waals surface area contributed by atoms with Crippen molar-refractivity contribution in [1.29, 1.82) is 0 Å². The normalized spacial score (nSPS) is 17.8. The number of nitrogens with zero attached hydrogens (tertiary/aromatic N) is 4. The number of thiophene rings is 1. The summed E-state index contributed by atoms with van der Waals surface area (Å²) in [6.07, 6.45) is 1.86. The summed E-state index contributed by atoms with van der Waals surface area (Å²) >= 11 is 1.56. The number of aliphatic imine (C=N–C) groups is 1. The van der Waals surface area contributed by atoms with Gasteiger partial charge in [-0.25, -0.2) is 9.98 Å². The fourth-order valence-corrected chi connectivity index (χ4v) is 3.99. The van der Waals surface area contributed by atoms with Crippen LogP contribution in [0.2, 0.25) is 0 Å². The molecule has 158 valence electrons. The highest BCUT2D eigenvalue weighted by atomic mass is 32.1. The molecule has 1 aliphatic rings. The fourth-order valence-electron chi connectivity index (χ4n) is 3.21. The molecule has 1 atom stereocenters. The van der Waals surface area contributed by atoms with Crippen molar-refractivity contribution >= 4 is 23.1 Å². The first-order valence-electron chi connectivity index (χ1n) is 10.1. The Morgan fingerprint density at radius 2 is 2.07 bits per heavy atom. The molecule has 0 spiro atoms. The molecule has 0 bridgehead atoms. The Morgan fingerprint density at radius 3 is 2.76 bits per heavy atom. The number of pyridine rings is 1. The molecule has 0 saturated carbocycles. The Kier molecular flexibility index (Phi) is 7.46. The molecule has 3 heterocycles. The van der Waals surface area contributed by atoms with E-state index >= 15 is 0 Å². The Bertz CT molecular complexity index is 784. The number of nitrogens with one attached hydrogen (secondary N) is 2. The minimum absolute atomic E-state index is 0.391. The van der Waals surface area contributed by atoms with Crippen molar-refractivity contribution < 1.29 is 5.11 Å². The number of hydrogen-bond acceptors (Lipinski definition) is 6. The lowest BCUT2D eigenvalue weighted by molar-refractivity contribution is 0.0655. The highest BCUT2D eigenvalue weighted by Crippen LogP contribution is 2.24. The maximum absolute atomic E-state index is 10.7. The van der Waals surface area contributed by atoms with Crippen molar-refractivity contribution in [3.05, 3.63) is 46.3 Å². The van der Waals surface area contributed by atoms with Crippen LogP contribution in [0, 0.1) is 0 Å². The van der Waals surface area contributed by atoms with Gasteiger partial charge in [0.2, 0.25) is 0 Å². The smallest absolute Gasteiger partial charge is 0.191 e. The number of anilines is 1. The van der Waals surface area contributed by atoms with Crippen molar-refractivity contribution in [3.8, 4) is 0 Å². The molecule has 3 rings (SSSR count). The molecule has 2 aromatic rings. The fraction of sp³-hybridized carbons (Fsp3) is 0.524. The molecule has 0 radical (unpaired) electrons. The predicted octanol–water partition coefficient (Wildman–Crippen LogP) is 1.86. The van der Waals surface area contributed by atoms with E-state index in [1.54, 1.807) is 11.3 Å². The van der Waals surface area contributed by atoms with Gasteiger partial charge in [-0.3, -0.25) is 0 Å². The second kappa shape index (κ2) is 10.0. The average molecular weight is 417 g/mol. The molecule has 8 heteroatoms. The van der Waals surface area contributed by atoms with Gasteiger partial charge in [0.1, 0.15) is 11.4 Å². The van der Waals surface area contributed by atoms with Crippen LogP contribution in [0.4, 0.5) is 5.82 Å². The summed E-state index contributed by atoms with van der Waals surface area (Å²) in [4.78, 5) is 14.8. The summed E-state index contributed by atoms with van der Waals surface area (Å²) in [5, 5.41) is 19.2. The lowest BCUT2D eigenvalue weighted by Gasteiger charge is -2.33. The average Bonchev–Trinajstić information content (AvgIpc) is 3.27. The first-order chi connectivity index (χ1) is 14.0. The van der Waals surface area contributed by atoms with Gasteiger partial charge in [-0.1, -0.05) is 6.07 Å². The molecule has 0 aliphatic carbocycles. The van der Waals surface area contributed by atoms with Crippen molar-refractivity contribution in [3.63, 3.8) is 0 Å². The van der Waals surface area contributed by atoms with Crippen LogP contribution in [0.3, 0.4) is 0 Å². The molecule has 1 fully saturated rings. The molecule has 1 aliphatic heterocycles. The summed E-state index contributed by atoms with van der Waals surface area (Å²) in [6, 6.07) is 8.04. The van der Waals surface area contributed by atoms with E-state index in [0.29, 0.717) is 19.0 Å². The minimum Gasteiger partial charge on any atom is -0.383 e. The quantitative estimate of drug-likeness (QED) is 0.473. The maximum atomic E-state index is 10.7. The standard InChI is InChI=1S/C21H32N6OS/c1-4-22-20(25-16-21(2,28)18-6-5-13-29-18)24-15-17-7-8-23-19(14-17)27-11-9-26(3)10-12-27/h5-8,13-14,28H,4,9-12,15-16H2,1-3H3,(H2,22,24,25). The molecule has 1 saturated heterocycles. The van der Waals surface area contributed by atoms with Crippen molar-refractivity contribution in [1.82, 2.24) is 20.5 Å². The molecule has 29 heavy (non-hydrogen) atoms. The van der Waals surface area contributed by atoms with Gasteiger partial charge in [-0.15, -0.1) is 11.3 Å². The van der Waals surface area contributed by atoms with Gasteiger partial charge in [0.15, 0.2) is 5.96 Å². The van der Waals surface area contributed by atoms with Crippen LogP contribution in [0.1, 0.15) is 24.3 Å². The highest BCUT2D eigenvalue weighted by molar-refractivity contribution is 7.10. The Hall–Kier alpha value is -2.16. The van der Waals surface area contributed by atoms with Crippen LogP contribution < -0.4 is 15.5 Å². The predicted molar refractivity (Wildman–Crippen MR) is 121 cm³/mol. The zero-order chi connectivity index (χ0) is 20.7. The van der Waals surface area contributed by atoms with Crippen LogP contribution in [0.5, 0.6) is 0 Å². The molecular formula is C21H32N6OS. The van der Waals surface area contributed by atoms with E-state index in [2.05, 4.69) is 38.5 Å². The van der Waals surface area contributed by atoms with Gasteiger partial charge >= 0.3 is 0 Å². The molecule has 0 amide bonds. The number of hydrogen-bond donors (Lipinski definition) is 3. The molecule has 3 N–H and O–H groups in total. The summed E-state index contributed by atoms with van der Waals surface area (Å²) in [5.41, 5.74) is 0.187. The van der Waals surface area contributed by atoms with E-state index < -0.39 is 5.60 Å². The SMILES string of the molecule is CCNC(=NCc1ccnc(N2CCN(C)CC2)c1)NCC(C)(O)c1cccs1. The summed E-state index contributed by atoms with van der Waals surface area (Å²) in [7, 11) is 2.15. The molecular weight excluding hydrogens is 384 g/mol. The molecule has 7 nitrogen and oxygen atoms in total. The van der Waals surface area contributed by atoms with Crippen LogP contribution in [0.15, 0.2) is 40.8 Å². The van der Waals surface area contributed by atoms with Gasteiger partial charge in [-0.05, 0) is 50.0 Å². The van der Waals surface area contributed by atoms with E-state index in [9.17, 15) is 5.11 Å². The van der Waals surface area contributed by atoms with Crippen LogP contribution >= 0.6 is 11.3 Å². The zero-order valence-electron chi connectivity index (χ0n) is 17.6. The zero-order valence-corrected chi connectivity index (χ0v) is 18.4.